The van der Waals surface area contributed by atoms with Gasteiger partial charge in [0.05, 0.1) is 12.5 Å². The molecule has 0 spiro atoms. The van der Waals surface area contributed by atoms with Crippen molar-refractivity contribution >= 4 is 5.91 Å². The first-order valence-corrected chi connectivity index (χ1v) is 11.1. The van der Waals surface area contributed by atoms with Gasteiger partial charge in [-0.3, -0.25) is 4.79 Å². The lowest BCUT2D eigenvalue weighted by atomic mass is 9.90. The highest BCUT2D eigenvalue weighted by molar-refractivity contribution is 5.79. The largest absolute Gasteiger partial charge is 0.337 e. The molecular formula is C26H36N2O. The van der Waals surface area contributed by atoms with Crippen LogP contribution in [-0.2, 0) is 11.2 Å². The quantitative estimate of drug-likeness (QED) is 0.610. The van der Waals surface area contributed by atoms with Crippen molar-refractivity contribution in [2.24, 2.45) is 5.92 Å². The summed E-state index contributed by atoms with van der Waals surface area (Å²) in [5.74, 6) is 1.33. The van der Waals surface area contributed by atoms with Gasteiger partial charge < -0.3 is 9.80 Å². The Morgan fingerprint density at radius 2 is 1.55 bits per heavy atom. The van der Waals surface area contributed by atoms with Gasteiger partial charge in [-0.1, -0.05) is 75.4 Å². The van der Waals surface area contributed by atoms with E-state index in [9.17, 15) is 4.79 Å². The van der Waals surface area contributed by atoms with E-state index in [-0.39, 0.29) is 11.9 Å². The van der Waals surface area contributed by atoms with Crippen molar-refractivity contribution in [3.05, 3.63) is 71.3 Å². The molecule has 0 bridgehead atoms. The Morgan fingerprint density at radius 3 is 2.14 bits per heavy atom. The van der Waals surface area contributed by atoms with Crippen molar-refractivity contribution in [1.82, 2.24) is 9.80 Å². The lowest BCUT2D eigenvalue weighted by Gasteiger charge is -2.32. The number of nitrogens with zero attached hydrogens (tertiary/aromatic N) is 2. The van der Waals surface area contributed by atoms with Gasteiger partial charge in [0, 0.05) is 13.6 Å². The highest BCUT2D eigenvalue weighted by Crippen LogP contribution is 2.25. The van der Waals surface area contributed by atoms with E-state index < -0.39 is 0 Å². The number of carbonyl (C=O) groups excluding carboxylic acids is 1. The molecule has 1 aliphatic heterocycles. The molecule has 1 fully saturated rings. The Morgan fingerprint density at radius 1 is 0.931 bits per heavy atom. The second-order valence-corrected chi connectivity index (χ2v) is 8.89. The van der Waals surface area contributed by atoms with E-state index in [0.29, 0.717) is 18.3 Å². The van der Waals surface area contributed by atoms with E-state index in [1.807, 2.05) is 18.0 Å². The number of hydrogen-bond donors (Lipinski definition) is 0. The van der Waals surface area contributed by atoms with Crippen LogP contribution < -0.4 is 0 Å². The molecule has 2 aromatic rings. The summed E-state index contributed by atoms with van der Waals surface area (Å²) in [5, 5.41) is 0. The number of likely N-dealkylation sites (tertiary alicyclic amines) is 1. The second-order valence-electron chi connectivity index (χ2n) is 8.89. The topological polar surface area (TPSA) is 23.6 Å². The third-order valence-electron chi connectivity index (χ3n) is 6.54. The molecule has 0 saturated carbocycles. The fourth-order valence-electron chi connectivity index (χ4n) is 4.13. The first-order chi connectivity index (χ1) is 14.0. The van der Waals surface area contributed by atoms with Gasteiger partial charge in [0.1, 0.15) is 0 Å². The van der Waals surface area contributed by atoms with Gasteiger partial charge in [0.25, 0.3) is 0 Å². The summed E-state index contributed by atoms with van der Waals surface area (Å²) in [7, 11) is 1.96. The number of amides is 1. The summed E-state index contributed by atoms with van der Waals surface area (Å²) < 4.78 is 0. The van der Waals surface area contributed by atoms with Crippen LogP contribution in [0.4, 0.5) is 0 Å². The zero-order valence-corrected chi connectivity index (χ0v) is 18.5. The van der Waals surface area contributed by atoms with Crippen LogP contribution in [0.5, 0.6) is 0 Å². The molecule has 3 nitrogen and oxygen atoms in total. The van der Waals surface area contributed by atoms with Crippen molar-refractivity contribution in [3.8, 4) is 0 Å². The Hall–Kier alpha value is -2.13. The van der Waals surface area contributed by atoms with Gasteiger partial charge >= 0.3 is 0 Å². The molecule has 0 aliphatic carbocycles. The number of hydrogen-bond acceptors (Lipinski definition) is 2. The molecular weight excluding hydrogens is 356 g/mol. The van der Waals surface area contributed by atoms with E-state index in [0.717, 1.165) is 25.2 Å². The third-order valence-corrected chi connectivity index (χ3v) is 6.54. The highest BCUT2D eigenvalue weighted by atomic mass is 16.2. The SMILES string of the molecule is CC(C)[C@H](C)c1ccc(CC(=O)N(C)C(CN2CCCC2)c2ccccc2)cc1. The maximum atomic E-state index is 13.1. The molecule has 1 aliphatic rings. The van der Waals surface area contributed by atoms with Gasteiger partial charge in [-0.05, 0) is 54.5 Å². The van der Waals surface area contributed by atoms with Crippen molar-refractivity contribution < 1.29 is 4.79 Å². The zero-order chi connectivity index (χ0) is 20.8. The predicted molar refractivity (Wildman–Crippen MR) is 121 cm³/mol. The van der Waals surface area contributed by atoms with Crippen LogP contribution in [-0.4, -0.2) is 42.4 Å². The highest BCUT2D eigenvalue weighted by Gasteiger charge is 2.25. The minimum absolute atomic E-state index is 0.0991. The normalized spacial score (nSPS) is 16.7. The maximum absolute atomic E-state index is 13.1. The number of likely N-dealkylation sites (N-methyl/N-ethyl adjacent to an activating group) is 1. The molecule has 3 rings (SSSR count). The van der Waals surface area contributed by atoms with E-state index in [4.69, 9.17) is 0 Å². The average molecular weight is 393 g/mol. The fraction of sp³-hybridized carbons (Fsp3) is 0.500. The standard InChI is InChI=1S/C26H36N2O/c1-20(2)21(3)23-14-12-22(13-15-23)18-26(29)27(4)25(19-28-16-8-9-17-28)24-10-6-5-7-11-24/h5-7,10-15,20-21,25H,8-9,16-19H2,1-4H3/t21-,25?/m0/s1. The number of benzene rings is 2. The van der Waals surface area contributed by atoms with Gasteiger partial charge in [-0.25, -0.2) is 0 Å². The molecule has 1 saturated heterocycles. The monoisotopic (exact) mass is 392 g/mol. The van der Waals surface area contributed by atoms with Crippen molar-refractivity contribution in [3.63, 3.8) is 0 Å². The van der Waals surface area contributed by atoms with Gasteiger partial charge in [0.2, 0.25) is 5.91 Å². The lowest BCUT2D eigenvalue weighted by molar-refractivity contribution is -0.131. The Balaban J connectivity index is 1.70. The summed E-state index contributed by atoms with van der Waals surface area (Å²) >= 11 is 0. The molecule has 2 aromatic carbocycles. The lowest BCUT2D eigenvalue weighted by Crippen LogP contribution is -2.39. The van der Waals surface area contributed by atoms with Gasteiger partial charge in [-0.15, -0.1) is 0 Å². The van der Waals surface area contributed by atoms with Crippen LogP contribution in [0, 0.1) is 5.92 Å². The van der Waals surface area contributed by atoms with Crippen LogP contribution in [0.2, 0.25) is 0 Å². The summed E-state index contributed by atoms with van der Waals surface area (Å²) in [6.07, 6.45) is 2.98. The van der Waals surface area contributed by atoms with Gasteiger partial charge in [-0.2, -0.15) is 0 Å². The Bertz CT molecular complexity index is 763. The second kappa shape index (κ2) is 10.1. The molecule has 3 heteroatoms. The predicted octanol–water partition coefficient (Wildman–Crippen LogP) is 5.28. The van der Waals surface area contributed by atoms with Crippen LogP contribution in [0.3, 0.4) is 0 Å². The molecule has 29 heavy (non-hydrogen) atoms. The number of rotatable bonds is 8. The molecule has 1 heterocycles. The van der Waals surface area contributed by atoms with E-state index in [1.54, 1.807) is 0 Å². The van der Waals surface area contributed by atoms with Crippen molar-refractivity contribution in [2.45, 2.75) is 52.0 Å². The zero-order valence-electron chi connectivity index (χ0n) is 18.5. The van der Waals surface area contributed by atoms with Crippen LogP contribution >= 0.6 is 0 Å². The minimum Gasteiger partial charge on any atom is -0.337 e. The van der Waals surface area contributed by atoms with Crippen LogP contribution in [0.15, 0.2) is 54.6 Å². The summed E-state index contributed by atoms with van der Waals surface area (Å²) in [4.78, 5) is 17.6. The summed E-state index contributed by atoms with van der Waals surface area (Å²) in [6, 6.07) is 19.2. The summed E-state index contributed by atoms with van der Waals surface area (Å²) in [5.41, 5.74) is 3.66. The van der Waals surface area contributed by atoms with Crippen LogP contribution in [0.25, 0.3) is 0 Å². The Labute approximate surface area is 176 Å². The molecule has 1 amide bonds. The molecule has 1 unspecified atom stereocenters. The fourth-order valence-corrected chi connectivity index (χ4v) is 4.13. The molecule has 0 radical (unpaired) electrons. The third kappa shape index (κ3) is 5.70. The van der Waals surface area contributed by atoms with E-state index >= 15 is 0 Å². The van der Waals surface area contributed by atoms with Crippen molar-refractivity contribution in [1.29, 1.82) is 0 Å². The van der Waals surface area contributed by atoms with Crippen LogP contribution in [0.1, 0.15) is 62.3 Å². The average Bonchev–Trinajstić information content (AvgIpc) is 3.25. The molecule has 156 valence electrons. The smallest absolute Gasteiger partial charge is 0.227 e. The minimum atomic E-state index is 0.0991. The Kier molecular flexibility index (Phi) is 7.49. The van der Waals surface area contributed by atoms with Gasteiger partial charge in [0.15, 0.2) is 0 Å². The van der Waals surface area contributed by atoms with Crippen molar-refractivity contribution in [2.75, 3.05) is 26.7 Å². The van der Waals surface area contributed by atoms with E-state index in [2.05, 4.69) is 74.2 Å². The summed E-state index contributed by atoms with van der Waals surface area (Å²) in [6.45, 7) is 9.96. The molecule has 0 aromatic heterocycles. The first-order valence-electron chi connectivity index (χ1n) is 11.1. The first kappa shape index (κ1) is 21.6. The van der Waals surface area contributed by atoms with E-state index in [1.165, 1.54) is 24.0 Å². The maximum Gasteiger partial charge on any atom is 0.227 e. The molecule has 0 N–H and O–H groups in total. The number of carbonyl (C=O) groups is 1. The molecule has 2 atom stereocenters.